The van der Waals surface area contributed by atoms with Crippen molar-refractivity contribution in [2.24, 2.45) is 5.73 Å². The zero-order valence-electron chi connectivity index (χ0n) is 12.9. The van der Waals surface area contributed by atoms with E-state index in [2.05, 4.69) is 5.32 Å². The fourth-order valence-electron chi connectivity index (χ4n) is 1.51. The minimum absolute atomic E-state index is 0.0502. The maximum absolute atomic E-state index is 11.6. The molecule has 0 aliphatic heterocycles. The highest BCUT2D eigenvalue weighted by Gasteiger charge is 2.30. The van der Waals surface area contributed by atoms with E-state index in [1.165, 1.54) is 7.11 Å². The Morgan fingerprint density at radius 3 is 2.30 bits per heavy atom. The molecular weight excluding hydrogens is 264 g/mol. The highest BCUT2D eigenvalue weighted by atomic mass is 16.6. The summed E-state index contributed by atoms with van der Waals surface area (Å²) in [6.07, 6.45) is -0.642. The Bertz CT molecular complexity index is 327. The van der Waals surface area contributed by atoms with Gasteiger partial charge in [-0.25, -0.2) is 4.79 Å². The molecule has 7 nitrogen and oxygen atoms in total. The van der Waals surface area contributed by atoms with Crippen molar-refractivity contribution in [2.75, 3.05) is 26.9 Å². The molecule has 7 heteroatoms. The Balaban J connectivity index is 4.45. The molecule has 0 aliphatic carbocycles. The summed E-state index contributed by atoms with van der Waals surface area (Å²) in [5.74, 6) is -0.432. The number of hydrogen-bond donors (Lipinski definition) is 2. The molecule has 0 radical (unpaired) electrons. The minimum atomic E-state index is -1.03. The lowest BCUT2D eigenvalue weighted by atomic mass is 9.97. The molecule has 0 saturated carbocycles. The van der Waals surface area contributed by atoms with Crippen molar-refractivity contribution in [1.82, 2.24) is 5.32 Å². The number of carbonyl (C=O) groups excluding carboxylic acids is 2. The molecule has 0 rings (SSSR count). The smallest absolute Gasteiger partial charge is 0.407 e. The molecule has 0 heterocycles. The lowest BCUT2D eigenvalue weighted by Gasteiger charge is -2.28. The summed E-state index contributed by atoms with van der Waals surface area (Å²) in [4.78, 5) is 23.1. The summed E-state index contributed by atoms with van der Waals surface area (Å²) in [6, 6.07) is 0. The fourth-order valence-corrected chi connectivity index (χ4v) is 1.51. The van der Waals surface area contributed by atoms with Crippen LogP contribution in [-0.2, 0) is 19.0 Å². The first-order valence-electron chi connectivity index (χ1n) is 6.52. The normalized spacial score (nSPS) is 14.3. The molecule has 20 heavy (non-hydrogen) atoms. The molecular formula is C13H26N2O5. The number of amides is 1. The first kappa shape index (κ1) is 18.7. The topological polar surface area (TPSA) is 99.9 Å². The molecule has 0 saturated heterocycles. The SMILES string of the molecule is CCOC(=O)CC(N)(CNC(=O)OC(C)(C)C)COC. The van der Waals surface area contributed by atoms with Crippen molar-refractivity contribution in [3.8, 4) is 0 Å². The third-order valence-corrected chi connectivity index (χ3v) is 2.22. The minimum Gasteiger partial charge on any atom is -0.466 e. The predicted octanol–water partition coefficient (Wildman–Crippen LogP) is 0.808. The number of alkyl carbamates (subject to hydrolysis) is 1. The number of esters is 1. The van der Waals surface area contributed by atoms with Crippen molar-refractivity contribution in [1.29, 1.82) is 0 Å². The Labute approximate surface area is 120 Å². The first-order valence-corrected chi connectivity index (χ1v) is 6.52. The van der Waals surface area contributed by atoms with Crippen LogP contribution in [0.25, 0.3) is 0 Å². The van der Waals surface area contributed by atoms with Crippen molar-refractivity contribution in [3.05, 3.63) is 0 Å². The van der Waals surface area contributed by atoms with Crippen LogP contribution in [-0.4, -0.2) is 50.1 Å². The molecule has 1 amide bonds. The second-order valence-corrected chi connectivity index (χ2v) is 5.63. The molecule has 0 aromatic rings. The van der Waals surface area contributed by atoms with Gasteiger partial charge in [0.25, 0.3) is 0 Å². The van der Waals surface area contributed by atoms with E-state index in [0.717, 1.165) is 0 Å². The van der Waals surface area contributed by atoms with Crippen molar-refractivity contribution >= 4 is 12.1 Å². The summed E-state index contributed by atoms with van der Waals surface area (Å²) < 4.78 is 14.9. The Morgan fingerprint density at radius 1 is 1.25 bits per heavy atom. The van der Waals surface area contributed by atoms with E-state index in [1.807, 2.05) is 0 Å². The zero-order valence-corrected chi connectivity index (χ0v) is 12.9. The highest BCUT2D eigenvalue weighted by Crippen LogP contribution is 2.10. The summed E-state index contributed by atoms with van der Waals surface area (Å²) >= 11 is 0. The van der Waals surface area contributed by atoms with Gasteiger partial charge in [0.15, 0.2) is 0 Å². The second-order valence-electron chi connectivity index (χ2n) is 5.63. The van der Waals surface area contributed by atoms with Gasteiger partial charge in [0.2, 0.25) is 0 Å². The maximum Gasteiger partial charge on any atom is 0.407 e. The third-order valence-electron chi connectivity index (χ3n) is 2.22. The number of nitrogens with one attached hydrogen (secondary N) is 1. The number of methoxy groups -OCH3 is 1. The van der Waals surface area contributed by atoms with E-state index in [9.17, 15) is 9.59 Å². The number of rotatable bonds is 7. The van der Waals surface area contributed by atoms with Gasteiger partial charge in [0, 0.05) is 13.7 Å². The van der Waals surface area contributed by atoms with Gasteiger partial charge in [-0.1, -0.05) is 0 Å². The van der Waals surface area contributed by atoms with Gasteiger partial charge in [-0.3, -0.25) is 4.79 Å². The number of carbonyl (C=O) groups is 2. The Kier molecular flexibility index (Phi) is 7.52. The number of hydrogen-bond acceptors (Lipinski definition) is 6. The molecule has 118 valence electrons. The van der Waals surface area contributed by atoms with Gasteiger partial charge in [0.05, 0.1) is 25.2 Å². The monoisotopic (exact) mass is 290 g/mol. The summed E-state index contributed by atoms with van der Waals surface area (Å²) in [7, 11) is 1.47. The second kappa shape index (κ2) is 8.06. The molecule has 1 unspecified atom stereocenters. The zero-order chi connectivity index (χ0) is 15.8. The van der Waals surface area contributed by atoms with Crippen LogP contribution in [0.4, 0.5) is 4.79 Å². The largest absolute Gasteiger partial charge is 0.466 e. The van der Waals surface area contributed by atoms with E-state index in [-0.39, 0.29) is 26.2 Å². The molecule has 0 bridgehead atoms. The van der Waals surface area contributed by atoms with Crippen LogP contribution < -0.4 is 11.1 Å². The van der Waals surface area contributed by atoms with Crippen LogP contribution in [0, 0.1) is 0 Å². The van der Waals surface area contributed by atoms with E-state index >= 15 is 0 Å². The average molecular weight is 290 g/mol. The van der Waals surface area contributed by atoms with Crippen LogP contribution >= 0.6 is 0 Å². The van der Waals surface area contributed by atoms with Gasteiger partial charge in [-0.05, 0) is 27.7 Å². The summed E-state index contributed by atoms with van der Waals surface area (Å²) in [5.41, 5.74) is 4.43. The average Bonchev–Trinajstić information content (AvgIpc) is 2.24. The van der Waals surface area contributed by atoms with Crippen LogP contribution in [0.3, 0.4) is 0 Å². The van der Waals surface area contributed by atoms with E-state index in [0.29, 0.717) is 0 Å². The molecule has 0 aromatic carbocycles. The van der Waals surface area contributed by atoms with Gasteiger partial charge in [-0.15, -0.1) is 0 Å². The van der Waals surface area contributed by atoms with Gasteiger partial charge in [0.1, 0.15) is 5.60 Å². The number of ether oxygens (including phenoxy) is 3. The molecule has 0 fully saturated rings. The van der Waals surface area contributed by atoms with Crippen molar-refractivity contribution in [2.45, 2.75) is 45.3 Å². The first-order chi connectivity index (χ1) is 9.12. The Hall–Kier alpha value is -1.34. The quantitative estimate of drug-likeness (QED) is 0.673. The van der Waals surface area contributed by atoms with Crippen molar-refractivity contribution < 1.29 is 23.8 Å². The van der Waals surface area contributed by atoms with Gasteiger partial charge in [-0.2, -0.15) is 0 Å². The summed E-state index contributed by atoms with van der Waals surface area (Å²) in [6.45, 7) is 7.44. The van der Waals surface area contributed by atoms with Crippen LogP contribution in [0.5, 0.6) is 0 Å². The van der Waals surface area contributed by atoms with E-state index < -0.39 is 23.2 Å². The molecule has 0 spiro atoms. The number of nitrogens with two attached hydrogens (primary N) is 1. The van der Waals surface area contributed by atoms with E-state index in [4.69, 9.17) is 19.9 Å². The standard InChI is InChI=1S/C13H26N2O5/c1-6-19-10(16)7-13(14,9-18-5)8-15-11(17)20-12(2,3)4/h6-9,14H2,1-5H3,(H,15,17). The van der Waals surface area contributed by atoms with E-state index in [1.54, 1.807) is 27.7 Å². The van der Waals surface area contributed by atoms with Crippen molar-refractivity contribution in [3.63, 3.8) is 0 Å². The predicted molar refractivity (Wildman–Crippen MR) is 74.3 cm³/mol. The lowest BCUT2D eigenvalue weighted by molar-refractivity contribution is -0.145. The van der Waals surface area contributed by atoms with Crippen LogP contribution in [0.15, 0.2) is 0 Å². The van der Waals surface area contributed by atoms with Crippen LogP contribution in [0.1, 0.15) is 34.1 Å². The molecule has 0 aromatic heterocycles. The fraction of sp³-hybridized carbons (Fsp3) is 0.846. The Morgan fingerprint density at radius 2 is 1.85 bits per heavy atom. The lowest BCUT2D eigenvalue weighted by Crippen LogP contribution is -2.55. The third kappa shape index (κ3) is 8.71. The van der Waals surface area contributed by atoms with Crippen LogP contribution in [0.2, 0.25) is 0 Å². The molecule has 1 atom stereocenters. The summed E-state index contributed by atoms with van der Waals surface area (Å²) in [5, 5.41) is 2.54. The molecule has 0 aliphatic rings. The molecule has 3 N–H and O–H groups in total. The van der Waals surface area contributed by atoms with Gasteiger partial charge >= 0.3 is 12.1 Å². The maximum atomic E-state index is 11.6. The highest BCUT2D eigenvalue weighted by molar-refractivity contribution is 5.71. The van der Waals surface area contributed by atoms with Gasteiger partial charge < -0.3 is 25.3 Å².